The Morgan fingerprint density at radius 2 is 1.13 bits per heavy atom. The maximum atomic E-state index is 4.09. The second-order valence-electron chi connectivity index (χ2n) is 22.7. The minimum absolute atomic E-state index is 0.0761. The maximum absolute atomic E-state index is 4.13. The molecule has 14 aliphatic rings. The molecule has 7 atom stereocenters. The summed E-state index contributed by atoms with van der Waals surface area (Å²) < 4.78 is 3.42. The number of nitrogens with zero attached hydrogens (tertiary/aromatic N) is 1. The van der Waals surface area contributed by atoms with Gasteiger partial charge in [-0.1, -0.05) is 0 Å². The van der Waals surface area contributed by atoms with Crippen molar-refractivity contribution < 1.29 is 6.51 Å². The quantitative estimate of drug-likeness (QED) is 0.192. The summed E-state index contributed by atoms with van der Waals surface area (Å²) in [5.74, 6) is 2.32. The predicted molar refractivity (Wildman–Crippen MR) is 199 cm³/mol. The molecule has 0 radical (unpaired) electrons. The van der Waals surface area contributed by atoms with Crippen LogP contribution in [0.2, 0.25) is 41.8 Å². The Balaban J connectivity index is 0.998. The van der Waals surface area contributed by atoms with Crippen LogP contribution in [-0.4, -0.2) is 34.4 Å². The van der Waals surface area contributed by atoms with E-state index < -0.39 is 6.51 Å². The standard InChI is InChI=1S/C38H58NP2.C5H5.Fe/c1-39(2)38(37-34(40)27-33(28-17-7-3-8-18-28)36(37)29-19-9-4-10-20-29)32-25-15-16-26-35(32)41(30-21-11-5-12-22-30)31-23-13-6-14-24-31;1-2-4-5-3-1;/h15-16,25-31,38H,3-14,17-24,40H2,1-2H3;1-5H;/t38-;;/m0../s1. The van der Waals surface area contributed by atoms with E-state index in [0.29, 0.717) is 0 Å². The van der Waals surface area contributed by atoms with Gasteiger partial charge in [-0.15, -0.1) is 0 Å². The summed E-state index contributed by atoms with van der Waals surface area (Å²) in [6.45, 7) is -4.13. The Hall–Kier alpha value is 0.559. The molecule has 1 aromatic carbocycles. The van der Waals surface area contributed by atoms with Gasteiger partial charge in [0.15, 0.2) is 0 Å². The van der Waals surface area contributed by atoms with Gasteiger partial charge in [0, 0.05) is 0 Å². The number of hydrogen-bond acceptors (Lipinski definition) is 1. The van der Waals surface area contributed by atoms with Crippen molar-refractivity contribution in [3.8, 4) is 0 Å². The van der Waals surface area contributed by atoms with Gasteiger partial charge in [0.1, 0.15) is 0 Å². The van der Waals surface area contributed by atoms with E-state index in [-0.39, 0.29) is 7.92 Å². The van der Waals surface area contributed by atoms with Crippen LogP contribution in [0.3, 0.4) is 0 Å². The average Bonchev–Trinajstić information content (AvgIpc) is 4.08. The van der Waals surface area contributed by atoms with E-state index in [1.165, 1.54) is 73.3 Å². The molecule has 1 nitrogen and oxygen atoms in total. The molecule has 1 spiro atoms. The Bertz CT molecular complexity index is 1990. The number of benzene rings is 1. The molecule has 0 bridgehead atoms. The molecule has 4 saturated carbocycles. The minimum atomic E-state index is -4.13. The van der Waals surface area contributed by atoms with Crippen molar-refractivity contribution in [3.63, 3.8) is 0 Å². The Kier molecular flexibility index (Phi) is 2.91. The molecule has 47 heavy (non-hydrogen) atoms. The summed E-state index contributed by atoms with van der Waals surface area (Å²) in [5, 5.41) is 1.98. The van der Waals surface area contributed by atoms with Gasteiger partial charge < -0.3 is 0 Å². The fraction of sp³-hybridized carbons (Fsp3) is 0.860. The van der Waals surface area contributed by atoms with Crippen LogP contribution in [0.15, 0.2) is 24.3 Å². The summed E-state index contributed by atoms with van der Waals surface area (Å²) in [6, 6.07) is 11.4. The van der Waals surface area contributed by atoms with E-state index in [2.05, 4.69) is 52.5 Å². The summed E-state index contributed by atoms with van der Waals surface area (Å²) in [5.41, 5.74) is 3.98. The van der Waals surface area contributed by atoms with Crippen LogP contribution in [-0.2, 0) is 6.51 Å². The Morgan fingerprint density at radius 1 is 0.660 bits per heavy atom. The molecule has 4 heteroatoms. The van der Waals surface area contributed by atoms with Crippen molar-refractivity contribution in [3.05, 3.63) is 29.8 Å². The first-order valence-electron chi connectivity index (χ1n) is 21.4. The van der Waals surface area contributed by atoms with Crippen LogP contribution in [0.1, 0.15) is 140 Å². The summed E-state index contributed by atoms with van der Waals surface area (Å²) >= 11 is 0. The second-order valence-corrected chi connectivity index (χ2v) is 49.6. The first kappa shape index (κ1) is 27.2. The molecular weight excluding hydrogens is 648 g/mol. The molecule has 0 aromatic heterocycles. The van der Waals surface area contributed by atoms with Crippen molar-refractivity contribution >= 4 is 22.5 Å². The summed E-state index contributed by atoms with van der Waals surface area (Å²) in [6.07, 6.45) is 31.3. The van der Waals surface area contributed by atoms with Gasteiger partial charge in [-0.2, -0.15) is 0 Å². The molecule has 10 aliphatic heterocycles. The van der Waals surface area contributed by atoms with Crippen molar-refractivity contribution in [2.75, 3.05) is 14.1 Å². The van der Waals surface area contributed by atoms with Gasteiger partial charge in [-0.3, -0.25) is 0 Å². The van der Waals surface area contributed by atoms with Gasteiger partial charge in [0.05, 0.1) is 0 Å². The monoisotopic (exact) mass is 711 g/mol. The first-order valence-corrected chi connectivity index (χ1v) is 29.4. The molecule has 15 rings (SSSR count). The van der Waals surface area contributed by atoms with E-state index in [1.54, 1.807) is 89.9 Å². The molecule has 258 valence electrons. The van der Waals surface area contributed by atoms with Gasteiger partial charge in [0.25, 0.3) is 0 Å². The third-order valence-corrected chi connectivity index (χ3v) is 80.1. The molecule has 5 unspecified atom stereocenters. The van der Waals surface area contributed by atoms with Gasteiger partial charge >= 0.3 is 281 Å². The second kappa shape index (κ2) is 5.03. The average molecular weight is 712 g/mol. The van der Waals surface area contributed by atoms with Crippen LogP contribution in [0.5, 0.6) is 0 Å². The molecule has 10 heterocycles. The molecule has 4 aliphatic carbocycles. The zero-order valence-electron chi connectivity index (χ0n) is 29.6. The van der Waals surface area contributed by atoms with E-state index in [9.17, 15) is 0 Å². The van der Waals surface area contributed by atoms with Crippen LogP contribution < -0.4 is 5.30 Å². The van der Waals surface area contributed by atoms with Crippen molar-refractivity contribution in [2.45, 2.75) is 192 Å². The SMILES string of the molecule is CN(C)[C@@H](c1ccccc1P(C1CCCCC1)C1CCCCC1)[C]12[C]3(C4CCCCC4)[C]4(C5CCCCC5)[CH]5[C@]1(P)[Fe]54321678[CH]2[CH]1[CH]6[CH]7[CH]28. The van der Waals surface area contributed by atoms with E-state index in [0.717, 1.165) is 40.3 Å². The zero-order valence-corrected chi connectivity index (χ0v) is 32.8. The zero-order chi connectivity index (χ0) is 30.9. The number of rotatable bonds is 8. The van der Waals surface area contributed by atoms with Crippen LogP contribution in [0.25, 0.3) is 0 Å². The molecular formula is C43H63FeNP2. The summed E-state index contributed by atoms with van der Waals surface area (Å²) in [4.78, 5) is 11.1. The fourth-order valence-corrected chi connectivity index (χ4v) is 126. The molecule has 14 fully saturated rings. The van der Waals surface area contributed by atoms with E-state index >= 15 is 0 Å². The van der Waals surface area contributed by atoms with Gasteiger partial charge in [-0.25, -0.2) is 0 Å². The topological polar surface area (TPSA) is 3.24 Å². The Labute approximate surface area is 279 Å². The van der Waals surface area contributed by atoms with Crippen molar-refractivity contribution in [1.29, 1.82) is 0 Å². The Morgan fingerprint density at radius 3 is 1.62 bits per heavy atom. The third kappa shape index (κ3) is 0.816. The number of hydrogen-bond donors (Lipinski definition) is 0. The fourth-order valence-electron chi connectivity index (χ4n) is 29.4. The van der Waals surface area contributed by atoms with Gasteiger partial charge in [-0.05, 0) is 0 Å². The molecule has 10 saturated heterocycles. The van der Waals surface area contributed by atoms with Crippen LogP contribution in [0.4, 0.5) is 0 Å². The molecule has 0 N–H and O–H groups in total. The van der Waals surface area contributed by atoms with Gasteiger partial charge in [0.2, 0.25) is 0 Å². The summed E-state index contributed by atoms with van der Waals surface area (Å²) in [7, 11) is 9.28. The third-order valence-electron chi connectivity index (χ3n) is 26.4. The van der Waals surface area contributed by atoms with Crippen molar-refractivity contribution in [1.82, 2.24) is 4.90 Å². The molecule has 0 amide bonds. The van der Waals surface area contributed by atoms with E-state index in [1.807, 2.05) is 10.9 Å². The first-order chi connectivity index (χ1) is 22.8. The normalized spacial score (nSPS) is 65.9. The van der Waals surface area contributed by atoms with E-state index in [4.69, 9.17) is 0 Å². The van der Waals surface area contributed by atoms with Crippen LogP contribution in [0, 0.1) is 11.8 Å². The number of fused-ring (bicyclic) bond motifs is 10. The van der Waals surface area contributed by atoms with Crippen LogP contribution >= 0.6 is 17.2 Å². The predicted octanol–water partition coefficient (Wildman–Crippen LogP) is 12.5. The molecule has 1 aromatic rings. The van der Waals surface area contributed by atoms with Crippen molar-refractivity contribution in [2.24, 2.45) is 11.8 Å².